The van der Waals surface area contributed by atoms with E-state index in [1.807, 2.05) is 30.5 Å². The summed E-state index contributed by atoms with van der Waals surface area (Å²) in [5.74, 6) is 0. The number of halogens is 1. The fourth-order valence-electron chi connectivity index (χ4n) is 0.702. The van der Waals surface area contributed by atoms with E-state index in [-0.39, 0.29) is 0 Å². The van der Waals surface area contributed by atoms with Gasteiger partial charge < -0.3 is 5.32 Å². The number of nitrogens with one attached hydrogen (secondary N) is 1. The van der Waals surface area contributed by atoms with Crippen LogP contribution in [0.25, 0.3) is 0 Å². The molecule has 0 aliphatic carbocycles. The highest BCUT2D eigenvalue weighted by atomic mass is 79.9. The molecule has 1 N–H and O–H groups in total. The fraction of sp³-hybridized carbons (Fsp3) is 0.125. The Hall–Kier alpha value is -0.0600. The maximum Gasteiger partial charge on any atom is 0.137 e. The van der Waals surface area contributed by atoms with Gasteiger partial charge in [0.05, 0.1) is 0 Å². The van der Waals surface area contributed by atoms with E-state index in [0.29, 0.717) is 0 Å². The van der Waals surface area contributed by atoms with Crippen molar-refractivity contribution in [1.29, 1.82) is 0 Å². The van der Waals surface area contributed by atoms with Gasteiger partial charge in [0.1, 0.15) is 4.32 Å². The SMILES string of the molecule is CSC(=S)Nc1ccc(Br)cc1. The standard InChI is InChI=1S/C8H8BrNS2/c1-12-8(11)10-7-4-2-6(9)3-5-7/h2-5H,1H3,(H,10,11). The van der Waals surface area contributed by atoms with Gasteiger partial charge in [-0.3, -0.25) is 0 Å². The molecule has 1 aromatic rings. The molecular formula is C8H8BrNS2. The van der Waals surface area contributed by atoms with E-state index in [1.165, 1.54) is 11.8 Å². The molecule has 12 heavy (non-hydrogen) atoms. The molecule has 64 valence electrons. The van der Waals surface area contributed by atoms with E-state index in [1.54, 1.807) is 0 Å². The minimum absolute atomic E-state index is 0.789. The number of hydrogen-bond donors (Lipinski definition) is 1. The van der Waals surface area contributed by atoms with Gasteiger partial charge in [-0.15, -0.1) is 11.8 Å². The van der Waals surface area contributed by atoms with Gasteiger partial charge in [-0.05, 0) is 30.5 Å². The minimum Gasteiger partial charge on any atom is -0.341 e. The molecule has 0 fully saturated rings. The molecule has 0 heterocycles. The van der Waals surface area contributed by atoms with Gasteiger partial charge in [0.2, 0.25) is 0 Å². The molecular weight excluding hydrogens is 254 g/mol. The van der Waals surface area contributed by atoms with Gasteiger partial charge in [-0.1, -0.05) is 28.1 Å². The van der Waals surface area contributed by atoms with Gasteiger partial charge in [-0.2, -0.15) is 0 Å². The third-order valence-corrected chi connectivity index (χ3v) is 2.88. The van der Waals surface area contributed by atoms with E-state index < -0.39 is 0 Å². The van der Waals surface area contributed by atoms with Crippen molar-refractivity contribution in [1.82, 2.24) is 0 Å². The topological polar surface area (TPSA) is 12.0 Å². The molecule has 0 aliphatic rings. The van der Waals surface area contributed by atoms with Crippen LogP contribution in [0, 0.1) is 0 Å². The summed E-state index contributed by atoms with van der Waals surface area (Å²) in [4.78, 5) is 0. The van der Waals surface area contributed by atoms with Crippen LogP contribution < -0.4 is 5.32 Å². The van der Waals surface area contributed by atoms with Crippen LogP contribution in [0.3, 0.4) is 0 Å². The van der Waals surface area contributed by atoms with Crippen molar-refractivity contribution < 1.29 is 0 Å². The van der Waals surface area contributed by atoms with Crippen molar-refractivity contribution in [2.75, 3.05) is 11.6 Å². The Morgan fingerprint density at radius 2 is 2.00 bits per heavy atom. The minimum atomic E-state index is 0.789. The third-order valence-electron chi connectivity index (χ3n) is 1.28. The van der Waals surface area contributed by atoms with Gasteiger partial charge in [0.25, 0.3) is 0 Å². The lowest BCUT2D eigenvalue weighted by Gasteiger charge is -2.04. The van der Waals surface area contributed by atoms with Crippen molar-refractivity contribution in [3.63, 3.8) is 0 Å². The van der Waals surface area contributed by atoms with Crippen molar-refractivity contribution in [2.24, 2.45) is 0 Å². The summed E-state index contributed by atoms with van der Waals surface area (Å²) >= 11 is 9.91. The lowest BCUT2D eigenvalue weighted by Crippen LogP contribution is -2.02. The average Bonchev–Trinajstić information content (AvgIpc) is 2.09. The number of rotatable bonds is 1. The van der Waals surface area contributed by atoms with Crippen molar-refractivity contribution >= 4 is 49.9 Å². The first-order valence-corrected chi connectivity index (χ1v) is 5.75. The second-order valence-electron chi connectivity index (χ2n) is 2.12. The molecule has 0 unspecified atom stereocenters. The van der Waals surface area contributed by atoms with Crippen LogP contribution in [-0.2, 0) is 0 Å². The maximum atomic E-state index is 5.01. The Balaban J connectivity index is 2.64. The van der Waals surface area contributed by atoms with E-state index >= 15 is 0 Å². The number of hydrogen-bond acceptors (Lipinski definition) is 2. The molecule has 0 saturated carbocycles. The number of benzene rings is 1. The first kappa shape index (κ1) is 10.0. The molecule has 1 rings (SSSR count). The summed E-state index contributed by atoms with van der Waals surface area (Å²) < 4.78 is 1.86. The molecule has 0 bridgehead atoms. The molecule has 0 spiro atoms. The first-order valence-electron chi connectivity index (χ1n) is 3.33. The Labute approximate surface area is 90.1 Å². The Morgan fingerprint density at radius 3 is 2.50 bits per heavy atom. The van der Waals surface area contributed by atoms with Crippen molar-refractivity contribution in [2.45, 2.75) is 0 Å². The van der Waals surface area contributed by atoms with Gasteiger partial charge in [0, 0.05) is 10.2 Å². The van der Waals surface area contributed by atoms with Crippen LogP contribution >= 0.6 is 39.9 Å². The fourth-order valence-corrected chi connectivity index (χ4v) is 1.30. The lowest BCUT2D eigenvalue weighted by atomic mass is 10.3. The van der Waals surface area contributed by atoms with Crippen molar-refractivity contribution in [3.05, 3.63) is 28.7 Å². The molecule has 0 saturated heterocycles. The molecule has 1 nitrogen and oxygen atoms in total. The predicted molar refractivity (Wildman–Crippen MR) is 63.9 cm³/mol. The smallest absolute Gasteiger partial charge is 0.137 e. The van der Waals surface area contributed by atoms with Gasteiger partial charge >= 0.3 is 0 Å². The second kappa shape index (κ2) is 4.84. The molecule has 0 aliphatic heterocycles. The Morgan fingerprint density at radius 1 is 1.42 bits per heavy atom. The molecule has 0 aromatic heterocycles. The van der Waals surface area contributed by atoms with Crippen LogP contribution in [0.4, 0.5) is 5.69 Å². The Kier molecular flexibility index (Phi) is 4.05. The highest BCUT2D eigenvalue weighted by molar-refractivity contribution is 9.10. The lowest BCUT2D eigenvalue weighted by molar-refractivity contribution is 1.62. The maximum absolute atomic E-state index is 5.01. The summed E-state index contributed by atoms with van der Waals surface area (Å²) in [5, 5.41) is 3.09. The largest absolute Gasteiger partial charge is 0.341 e. The van der Waals surface area contributed by atoms with Crippen LogP contribution in [0.1, 0.15) is 0 Å². The van der Waals surface area contributed by atoms with Crippen molar-refractivity contribution in [3.8, 4) is 0 Å². The first-order chi connectivity index (χ1) is 5.72. The molecule has 0 radical (unpaired) electrons. The van der Waals surface area contributed by atoms with E-state index in [9.17, 15) is 0 Å². The van der Waals surface area contributed by atoms with Crippen LogP contribution in [0.15, 0.2) is 28.7 Å². The number of thioether (sulfide) groups is 1. The summed E-state index contributed by atoms with van der Waals surface area (Å²) in [5.41, 5.74) is 1.03. The van der Waals surface area contributed by atoms with Crippen LogP contribution in [0.5, 0.6) is 0 Å². The van der Waals surface area contributed by atoms with Gasteiger partial charge in [-0.25, -0.2) is 0 Å². The highest BCUT2D eigenvalue weighted by Crippen LogP contribution is 2.15. The number of anilines is 1. The van der Waals surface area contributed by atoms with Gasteiger partial charge in [0.15, 0.2) is 0 Å². The summed E-state index contributed by atoms with van der Waals surface area (Å²) in [6.07, 6.45) is 1.95. The van der Waals surface area contributed by atoms with E-state index in [4.69, 9.17) is 12.2 Å². The van der Waals surface area contributed by atoms with E-state index in [2.05, 4.69) is 21.2 Å². The average molecular weight is 262 g/mol. The third kappa shape index (κ3) is 3.13. The predicted octanol–water partition coefficient (Wildman–Crippen LogP) is 3.51. The normalized spacial score (nSPS) is 9.50. The second-order valence-corrected chi connectivity index (χ2v) is 4.52. The Bertz CT molecular complexity index is 271. The zero-order chi connectivity index (χ0) is 8.97. The quantitative estimate of drug-likeness (QED) is 0.778. The molecule has 4 heteroatoms. The van der Waals surface area contributed by atoms with Crippen LogP contribution in [0.2, 0.25) is 0 Å². The molecule has 1 aromatic carbocycles. The summed E-state index contributed by atoms with van der Waals surface area (Å²) in [7, 11) is 0. The molecule has 0 atom stereocenters. The monoisotopic (exact) mass is 261 g/mol. The zero-order valence-electron chi connectivity index (χ0n) is 6.50. The number of thiocarbonyl (C=S) groups is 1. The van der Waals surface area contributed by atoms with Crippen LogP contribution in [-0.4, -0.2) is 10.6 Å². The molecule has 0 amide bonds. The zero-order valence-corrected chi connectivity index (χ0v) is 9.72. The highest BCUT2D eigenvalue weighted by Gasteiger charge is 1.94. The summed E-state index contributed by atoms with van der Waals surface area (Å²) in [6, 6.07) is 7.91. The van der Waals surface area contributed by atoms with E-state index in [0.717, 1.165) is 14.5 Å². The summed E-state index contributed by atoms with van der Waals surface area (Å²) in [6.45, 7) is 0.